The first kappa shape index (κ1) is 18.8. The Morgan fingerprint density at radius 2 is 1.79 bits per heavy atom. The second-order valence-electron chi connectivity index (χ2n) is 6.45. The number of carbonyl (C=O) groups is 1. The van der Waals surface area contributed by atoms with E-state index in [1.807, 2.05) is 24.3 Å². The number of aromatic nitrogens is 2. The van der Waals surface area contributed by atoms with Crippen LogP contribution in [0.2, 0.25) is 10.0 Å². The molecular formula is C20H18Cl2N4O2. The van der Waals surface area contributed by atoms with Gasteiger partial charge in [-0.25, -0.2) is 4.98 Å². The van der Waals surface area contributed by atoms with E-state index in [9.17, 15) is 4.79 Å². The molecular weight excluding hydrogens is 399 g/mol. The summed E-state index contributed by atoms with van der Waals surface area (Å²) in [5.74, 6) is 1.20. The number of rotatable bonds is 4. The number of benzene rings is 2. The maximum atomic E-state index is 12.5. The van der Waals surface area contributed by atoms with E-state index in [2.05, 4.69) is 14.9 Å². The zero-order chi connectivity index (χ0) is 19.5. The van der Waals surface area contributed by atoms with E-state index < -0.39 is 0 Å². The Balaban J connectivity index is 1.33. The van der Waals surface area contributed by atoms with Gasteiger partial charge in [0.15, 0.2) is 6.61 Å². The first-order chi connectivity index (χ1) is 13.6. The minimum Gasteiger partial charge on any atom is -0.482 e. The standard InChI is InChI=1S/C20H18Cl2N4O2/c21-14-5-6-18(15(22)11-14)28-13-20(27)26-9-7-25(8-10-26)19-12-23-16-3-1-2-4-17(16)24-19/h1-6,11-12H,7-10,13H2. The molecule has 0 unspecified atom stereocenters. The zero-order valence-corrected chi connectivity index (χ0v) is 16.5. The summed E-state index contributed by atoms with van der Waals surface area (Å²) < 4.78 is 5.55. The number of amides is 1. The van der Waals surface area contributed by atoms with Crippen molar-refractivity contribution in [2.45, 2.75) is 0 Å². The Bertz CT molecular complexity index is 1010. The summed E-state index contributed by atoms with van der Waals surface area (Å²) in [6.45, 7) is 2.54. The third-order valence-electron chi connectivity index (χ3n) is 4.64. The van der Waals surface area contributed by atoms with Crippen molar-refractivity contribution in [3.8, 4) is 5.75 Å². The van der Waals surface area contributed by atoms with Crippen LogP contribution in [0.4, 0.5) is 5.82 Å². The fourth-order valence-electron chi connectivity index (χ4n) is 3.11. The molecule has 28 heavy (non-hydrogen) atoms. The second-order valence-corrected chi connectivity index (χ2v) is 7.29. The molecule has 2 aromatic carbocycles. The van der Waals surface area contributed by atoms with Crippen LogP contribution in [-0.2, 0) is 4.79 Å². The average molecular weight is 417 g/mol. The van der Waals surface area contributed by atoms with Crippen molar-refractivity contribution in [2.24, 2.45) is 0 Å². The lowest BCUT2D eigenvalue weighted by Gasteiger charge is -2.35. The van der Waals surface area contributed by atoms with Gasteiger partial charge in [-0.15, -0.1) is 0 Å². The number of fused-ring (bicyclic) bond motifs is 1. The molecule has 0 radical (unpaired) electrons. The molecule has 1 saturated heterocycles. The van der Waals surface area contributed by atoms with Crippen molar-refractivity contribution in [2.75, 3.05) is 37.7 Å². The number of piperazine rings is 1. The maximum absolute atomic E-state index is 12.5. The maximum Gasteiger partial charge on any atom is 0.260 e. The van der Waals surface area contributed by atoms with Gasteiger partial charge in [-0.2, -0.15) is 0 Å². The third-order valence-corrected chi connectivity index (χ3v) is 5.17. The van der Waals surface area contributed by atoms with Gasteiger partial charge in [0.25, 0.3) is 5.91 Å². The molecule has 3 aromatic rings. The van der Waals surface area contributed by atoms with E-state index in [0.717, 1.165) is 16.9 Å². The topological polar surface area (TPSA) is 58.6 Å². The molecule has 4 rings (SSSR count). The molecule has 6 nitrogen and oxygen atoms in total. The monoisotopic (exact) mass is 416 g/mol. The van der Waals surface area contributed by atoms with Crippen molar-refractivity contribution in [1.29, 1.82) is 0 Å². The molecule has 8 heteroatoms. The summed E-state index contributed by atoms with van der Waals surface area (Å²) in [7, 11) is 0. The highest BCUT2D eigenvalue weighted by Crippen LogP contribution is 2.27. The van der Waals surface area contributed by atoms with Crippen molar-refractivity contribution in [3.05, 3.63) is 58.7 Å². The van der Waals surface area contributed by atoms with E-state index in [1.165, 1.54) is 0 Å². The smallest absolute Gasteiger partial charge is 0.260 e. The molecule has 144 valence electrons. The molecule has 1 aliphatic rings. The zero-order valence-electron chi connectivity index (χ0n) is 15.0. The van der Waals surface area contributed by atoms with Gasteiger partial charge < -0.3 is 14.5 Å². The average Bonchev–Trinajstić information content (AvgIpc) is 2.72. The Kier molecular flexibility index (Phi) is 5.50. The summed E-state index contributed by atoms with van der Waals surface area (Å²) >= 11 is 11.9. The number of hydrogen-bond acceptors (Lipinski definition) is 5. The lowest BCUT2D eigenvalue weighted by atomic mass is 10.3. The van der Waals surface area contributed by atoms with Gasteiger partial charge in [0.1, 0.15) is 11.6 Å². The lowest BCUT2D eigenvalue weighted by Crippen LogP contribution is -2.50. The number of halogens is 2. The Labute approximate surface area is 172 Å². The summed E-state index contributed by atoms with van der Waals surface area (Å²) in [5.41, 5.74) is 1.74. The summed E-state index contributed by atoms with van der Waals surface area (Å²) in [6.07, 6.45) is 1.78. The number of carbonyl (C=O) groups excluding carboxylic acids is 1. The minimum atomic E-state index is -0.0738. The van der Waals surface area contributed by atoms with E-state index in [-0.39, 0.29) is 12.5 Å². The highest BCUT2D eigenvalue weighted by atomic mass is 35.5. The highest BCUT2D eigenvalue weighted by molar-refractivity contribution is 6.35. The molecule has 1 amide bonds. The molecule has 0 N–H and O–H groups in total. The Morgan fingerprint density at radius 1 is 1.04 bits per heavy atom. The van der Waals surface area contributed by atoms with E-state index in [4.69, 9.17) is 27.9 Å². The predicted molar refractivity (Wildman–Crippen MR) is 110 cm³/mol. The van der Waals surface area contributed by atoms with Gasteiger partial charge in [0.2, 0.25) is 0 Å². The first-order valence-electron chi connectivity index (χ1n) is 8.92. The molecule has 0 spiro atoms. The van der Waals surface area contributed by atoms with Gasteiger partial charge >= 0.3 is 0 Å². The quantitative estimate of drug-likeness (QED) is 0.649. The largest absolute Gasteiger partial charge is 0.482 e. The van der Waals surface area contributed by atoms with Crippen LogP contribution in [0, 0.1) is 0 Å². The van der Waals surface area contributed by atoms with Crippen LogP contribution in [0.5, 0.6) is 5.75 Å². The van der Waals surface area contributed by atoms with Crippen LogP contribution >= 0.6 is 23.2 Å². The van der Waals surface area contributed by atoms with E-state index in [0.29, 0.717) is 42.0 Å². The fraction of sp³-hybridized carbons (Fsp3) is 0.250. The van der Waals surface area contributed by atoms with Crippen molar-refractivity contribution >= 4 is 46.0 Å². The van der Waals surface area contributed by atoms with Crippen LogP contribution in [0.15, 0.2) is 48.7 Å². The van der Waals surface area contributed by atoms with Gasteiger partial charge in [0, 0.05) is 31.2 Å². The second kappa shape index (κ2) is 8.20. The molecule has 0 saturated carbocycles. The number of nitrogens with zero attached hydrogens (tertiary/aromatic N) is 4. The van der Waals surface area contributed by atoms with Crippen LogP contribution in [0.1, 0.15) is 0 Å². The van der Waals surface area contributed by atoms with Crippen molar-refractivity contribution in [3.63, 3.8) is 0 Å². The van der Waals surface area contributed by atoms with Crippen LogP contribution in [-0.4, -0.2) is 53.6 Å². The highest BCUT2D eigenvalue weighted by Gasteiger charge is 2.22. The molecule has 0 bridgehead atoms. The molecule has 0 aliphatic carbocycles. The van der Waals surface area contributed by atoms with Crippen molar-refractivity contribution < 1.29 is 9.53 Å². The number of hydrogen-bond donors (Lipinski definition) is 0. The summed E-state index contributed by atoms with van der Waals surface area (Å²) in [4.78, 5) is 25.5. The summed E-state index contributed by atoms with van der Waals surface area (Å²) in [6, 6.07) is 12.7. The third kappa shape index (κ3) is 4.13. The molecule has 2 heterocycles. The van der Waals surface area contributed by atoms with Gasteiger partial charge in [-0.1, -0.05) is 35.3 Å². The van der Waals surface area contributed by atoms with Crippen molar-refractivity contribution in [1.82, 2.24) is 14.9 Å². The van der Waals surface area contributed by atoms with Gasteiger partial charge in [0.05, 0.1) is 22.3 Å². The lowest BCUT2D eigenvalue weighted by molar-refractivity contribution is -0.133. The van der Waals surface area contributed by atoms with E-state index in [1.54, 1.807) is 29.3 Å². The van der Waals surface area contributed by atoms with Crippen LogP contribution in [0.3, 0.4) is 0 Å². The predicted octanol–water partition coefficient (Wildman–Crippen LogP) is 3.66. The first-order valence-corrected chi connectivity index (χ1v) is 9.68. The number of anilines is 1. The minimum absolute atomic E-state index is 0.0584. The molecule has 1 aromatic heterocycles. The molecule has 0 atom stereocenters. The van der Waals surface area contributed by atoms with Crippen LogP contribution in [0.25, 0.3) is 11.0 Å². The number of ether oxygens (including phenoxy) is 1. The number of para-hydroxylation sites is 2. The SMILES string of the molecule is O=C(COc1ccc(Cl)cc1Cl)N1CCN(c2cnc3ccccc3n2)CC1. The Morgan fingerprint density at radius 3 is 2.54 bits per heavy atom. The fourth-order valence-corrected chi connectivity index (χ4v) is 3.57. The van der Waals surface area contributed by atoms with Gasteiger partial charge in [-0.3, -0.25) is 9.78 Å². The Hall–Kier alpha value is -2.57. The van der Waals surface area contributed by atoms with Gasteiger partial charge in [-0.05, 0) is 30.3 Å². The summed E-state index contributed by atoms with van der Waals surface area (Å²) in [5, 5.41) is 0.914. The molecule has 1 fully saturated rings. The molecule has 1 aliphatic heterocycles. The van der Waals surface area contributed by atoms with Crippen LogP contribution < -0.4 is 9.64 Å². The normalized spacial score (nSPS) is 14.4. The van der Waals surface area contributed by atoms with E-state index >= 15 is 0 Å².